The Morgan fingerprint density at radius 1 is 1.11 bits per heavy atom. The molecule has 0 saturated carbocycles. The van der Waals surface area contributed by atoms with Crippen molar-refractivity contribution in [1.29, 1.82) is 0 Å². The van der Waals surface area contributed by atoms with Gasteiger partial charge in [-0.05, 0) is 84.3 Å². The molecule has 2 saturated heterocycles. The molecular formula is C30H50BN3O4. The summed E-state index contributed by atoms with van der Waals surface area (Å²) in [7, 11) is -0.225. The third-order valence-corrected chi connectivity index (χ3v) is 9.11. The van der Waals surface area contributed by atoms with Crippen LogP contribution in [0.5, 0.6) is 0 Å². The largest absolute Gasteiger partial charge is 0.457 e. The summed E-state index contributed by atoms with van der Waals surface area (Å²) in [6.45, 7) is 14.8. The number of rotatable bonds is 14. The Kier molecular flexibility index (Phi) is 11.0. The predicted octanol–water partition coefficient (Wildman–Crippen LogP) is 6.36. The number of nitroso groups, excluding NO2 is 1. The maximum Gasteiger partial charge on any atom is 0.457 e. The molecule has 0 spiro atoms. The van der Waals surface area contributed by atoms with Crippen molar-refractivity contribution >= 4 is 13.0 Å². The minimum absolute atomic E-state index is 0.0761. The Labute approximate surface area is 230 Å². The first kappa shape index (κ1) is 30.8. The van der Waals surface area contributed by atoms with Crippen molar-refractivity contribution in [2.75, 3.05) is 13.1 Å². The molecule has 7 nitrogen and oxygen atoms in total. The van der Waals surface area contributed by atoms with Gasteiger partial charge in [0.1, 0.15) is 6.04 Å². The van der Waals surface area contributed by atoms with Gasteiger partial charge in [-0.15, -0.1) is 0 Å². The van der Waals surface area contributed by atoms with E-state index in [4.69, 9.17) is 9.31 Å². The summed E-state index contributed by atoms with van der Waals surface area (Å²) in [6.07, 6.45) is 7.87. The van der Waals surface area contributed by atoms with E-state index in [0.717, 1.165) is 70.9 Å². The fourth-order valence-electron chi connectivity index (χ4n) is 6.28. The minimum Gasteiger partial charge on any atom is -0.403 e. The van der Waals surface area contributed by atoms with E-state index in [-0.39, 0.29) is 30.1 Å². The van der Waals surface area contributed by atoms with Crippen molar-refractivity contribution in [2.24, 2.45) is 11.1 Å². The second-order valence-corrected chi connectivity index (χ2v) is 12.5. The van der Waals surface area contributed by atoms with Crippen LogP contribution in [0.2, 0.25) is 6.32 Å². The molecule has 0 aliphatic carbocycles. The Bertz CT molecular complexity index is 873. The summed E-state index contributed by atoms with van der Waals surface area (Å²) in [5.74, 6) is 0.141. The summed E-state index contributed by atoms with van der Waals surface area (Å²) >= 11 is 0. The number of amides is 1. The smallest absolute Gasteiger partial charge is 0.403 e. The summed E-state index contributed by atoms with van der Waals surface area (Å²) in [4.78, 5) is 27.4. The molecule has 2 aliphatic heterocycles. The lowest BCUT2D eigenvalue weighted by Gasteiger charge is -2.47. The van der Waals surface area contributed by atoms with Gasteiger partial charge in [0.2, 0.25) is 5.91 Å². The van der Waals surface area contributed by atoms with Crippen molar-refractivity contribution in [1.82, 2.24) is 10.2 Å². The molecule has 2 heterocycles. The molecular weight excluding hydrogens is 477 g/mol. The maximum absolute atomic E-state index is 12.6. The molecule has 2 aliphatic rings. The molecule has 212 valence electrons. The molecule has 2 atom stereocenters. The fourth-order valence-corrected chi connectivity index (χ4v) is 6.28. The van der Waals surface area contributed by atoms with Gasteiger partial charge in [0.05, 0.1) is 16.7 Å². The summed E-state index contributed by atoms with van der Waals surface area (Å²) in [6, 6.07) is 10.1. The maximum atomic E-state index is 12.6. The molecule has 2 fully saturated rings. The van der Waals surface area contributed by atoms with E-state index in [0.29, 0.717) is 6.42 Å². The molecule has 0 aromatic heterocycles. The summed E-state index contributed by atoms with van der Waals surface area (Å²) < 4.78 is 12.4. The molecule has 1 N–H and O–H groups in total. The predicted molar refractivity (Wildman–Crippen MR) is 155 cm³/mol. The zero-order valence-corrected chi connectivity index (χ0v) is 24.6. The van der Waals surface area contributed by atoms with Gasteiger partial charge in [-0.3, -0.25) is 9.69 Å². The van der Waals surface area contributed by atoms with E-state index < -0.39 is 11.6 Å². The lowest BCUT2D eigenvalue weighted by molar-refractivity contribution is -0.122. The fraction of sp³-hybridized carbons (Fsp3) is 0.767. The molecule has 0 bridgehead atoms. The van der Waals surface area contributed by atoms with Crippen LogP contribution in [0.15, 0.2) is 35.5 Å². The summed E-state index contributed by atoms with van der Waals surface area (Å²) in [5, 5.41) is 7.01. The lowest BCUT2D eigenvalue weighted by Crippen LogP contribution is -2.62. The Balaban J connectivity index is 1.70. The van der Waals surface area contributed by atoms with E-state index in [2.05, 4.69) is 74.3 Å². The van der Waals surface area contributed by atoms with Crippen LogP contribution in [0.25, 0.3) is 0 Å². The molecule has 38 heavy (non-hydrogen) atoms. The number of unbranched alkanes of at least 4 members (excludes halogenated alkanes) is 2. The second-order valence-electron chi connectivity index (χ2n) is 12.5. The van der Waals surface area contributed by atoms with Crippen LogP contribution < -0.4 is 5.32 Å². The number of piperidine rings is 1. The molecule has 2 unspecified atom stereocenters. The first-order valence-corrected chi connectivity index (χ1v) is 14.8. The van der Waals surface area contributed by atoms with Crippen LogP contribution in [-0.2, 0) is 20.6 Å². The number of likely N-dealkylation sites (tertiary alicyclic amines) is 1. The van der Waals surface area contributed by atoms with Gasteiger partial charge in [-0.25, -0.2) is 0 Å². The Hall–Kier alpha value is -1.77. The number of benzene rings is 1. The molecule has 1 aromatic rings. The van der Waals surface area contributed by atoms with Crippen LogP contribution in [0, 0.1) is 10.8 Å². The standard InChI is InChI=1S/C30H50BN3O4/c1-7-8-16-27(33-36)30(32-24(2)35,19-12-13-20-31-37-28(3,4)29(5,6)38-31)26-17-21-34(22-18-26)23-25-14-10-9-11-15-25/h9-11,14-15,26-27H,7-8,12-13,16-23H2,1-6H3,(H,32,35). The number of nitrogens with zero attached hydrogens (tertiary/aromatic N) is 2. The van der Waals surface area contributed by atoms with Crippen molar-refractivity contribution in [3.8, 4) is 0 Å². The van der Waals surface area contributed by atoms with Gasteiger partial charge < -0.3 is 14.6 Å². The van der Waals surface area contributed by atoms with E-state index in [1.54, 1.807) is 6.92 Å². The number of hydrogen-bond acceptors (Lipinski definition) is 6. The first-order chi connectivity index (χ1) is 18.0. The Morgan fingerprint density at radius 2 is 1.74 bits per heavy atom. The highest BCUT2D eigenvalue weighted by Crippen LogP contribution is 2.41. The number of carbonyl (C=O) groups is 1. The highest BCUT2D eigenvalue weighted by Gasteiger charge is 2.51. The van der Waals surface area contributed by atoms with Crippen LogP contribution in [0.4, 0.5) is 0 Å². The number of nitrogens with one attached hydrogen (secondary N) is 1. The zero-order chi connectivity index (χ0) is 27.8. The molecule has 0 radical (unpaired) electrons. The van der Waals surface area contributed by atoms with E-state index >= 15 is 0 Å². The lowest BCUT2D eigenvalue weighted by atomic mass is 9.68. The number of hydrogen-bond donors (Lipinski definition) is 1. The third kappa shape index (κ3) is 7.67. The molecule has 3 rings (SSSR count). The third-order valence-electron chi connectivity index (χ3n) is 9.11. The van der Waals surface area contributed by atoms with Gasteiger partial charge in [0.25, 0.3) is 0 Å². The van der Waals surface area contributed by atoms with Crippen LogP contribution in [0.3, 0.4) is 0 Å². The second kappa shape index (κ2) is 13.5. The van der Waals surface area contributed by atoms with Gasteiger partial charge in [0.15, 0.2) is 0 Å². The highest BCUT2D eigenvalue weighted by molar-refractivity contribution is 6.45. The van der Waals surface area contributed by atoms with Crippen molar-refractivity contribution in [3.05, 3.63) is 40.8 Å². The molecule has 8 heteroatoms. The Morgan fingerprint density at radius 3 is 2.29 bits per heavy atom. The quantitative estimate of drug-likeness (QED) is 0.173. The van der Waals surface area contributed by atoms with Gasteiger partial charge in [-0.1, -0.05) is 68.1 Å². The van der Waals surface area contributed by atoms with Gasteiger partial charge >= 0.3 is 7.12 Å². The highest BCUT2D eigenvalue weighted by atomic mass is 16.7. The van der Waals surface area contributed by atoms with Gasteiger partial charge in [0, 0.05) is 13.5 Å². The molecule has 1 amide bonds. The van der Waals surface area contributed by atoms with Crippen molar-refractivity contribution in [3.63, 3.8) is 0 Å². The van der Waals surface area contributed by atoms with E-state index in [1.165, 1.54) is 5.56 Å². The summed E-state index contributed by atoms with van der Waals surface area (Å²) in [5.41, 5.74) is 0.0326. The van der Waals surface area contributed by atoms with Crippen molar-refractivity contribution in [2.45, 2.75) is 129 Å². The van der Waals surface area contributed by atoms with E-state index in [9.17, 15) is 9.70 Å². The average molecular weight is 528 g/mol. The SMILES string of the molecule is CCCCC(N=O)C(CCCCB1OC(C)(C)C(C)(C)O1)(NC(C)=O)C1CCN(Cc2ccccc2)CC1. The monoisotopic (exact) mass is 527 g/mol. The van der Waals surface area contributed by atoms with Crippen molar-refractivity contribution < 1.29 is 14.1 Å². The van der Waals surface area contributed by atoms with Gasteiger partial charge in [-0.2, -0.15) is 4.91 Å². The van der Waals surface area contributed by atoms with Crippen LogP contribution in [-0.4, -0.2) is 53.8 Å². The van der Waals surface area contributed by atoms with Crippen LogP contribution in [0.1, 0.15) is 98.5 Å². The molecule has 1 aromatic carbocycles. The van der Waals surface area contributed by atoms with Crippen LogP contribution >= 0.6 is 0 Å². The van der Waals surface area contributed by atoms with E-state index in [1.807, 2.05) is 6.07 Å². The zero-order valence-electron chi connectivity index (χ0n) is 24.6. The first-order valence-electron chi connectivity index (χ1n) is 14.8. The topological polar surface area (TPSA) is 80.2 Å². The number of carbonyl (C=O) groups excluding carboxylic acids is 1. The normalized spacial score (nSPS) is 22.1. The average Bonchev–Trinajstić information content (AvgIpc) is 3.08. The minimum atomic E-state index is -0.614.